The highest BCUT2D eigenvalue weighted by Gasteiger charge is 2.58. The Morgan fingerprint density at radius 2 is 2.27 bits per heavy atom. The zero-order chi connectivity index (χ0) is 19.3. The first kappa shape index (κ1) is 19.2. The number of aliphatic hydroxyl groups excluding tert-OH is 1. The fraction of sp³-hybridized carbons (Fsp3) is 0.545. The molecule has 0 aromatic carbocycles. The van der Waals surface area contributed by atoms with Crippen molar-refractivity contribution in [1.82, 2.24) is 19.5 Å². The summed E-state index contributed by atoms with van der Waals surface area (Å²) in [5, 5.41) is 9.95. The van der Waals surface area contributed by atoms with Crippen LogP contribution in [0.3, 0.4) is 0 Å². The minimum Gasteiger partial charge on any atom is -0.385 e. The summed E-state index contributed by atoms with van der Waals surface area (Å²) >= 11 is 5.80. The predicted octanol–water partition coefficient (Wildman–Crippen LogP) is -0.278. The largest absolute Gasteiger partial charge is 0.469 e. The third kappa shape index (κ3) is 3.34. The summed E-state index contributed by atoms with van der Waals surface area (Å²) in [7, 11) is -3.27. The lowest BCUT2D eigenvalue weighted by atomic mass is 10.1. The second-order valence-corrected chi connectivity index (χ2v) is 7.26. The normalized spacial score (nSPS) is 29.4. The number of nitrogens with one attached hydrogen (secondary N) is 1. The molecule has 0 saturated carbocycles. The van der Waals surface area contributed by atoms with Gasteiger partial charge in [-0.05, 0) is 0 Å². The molecule has 3 heterocycles. The first-order valence-electron chi connectivity index (χ1n) is 7.14. The summed E-state index contributed by atoms with van der Waals surface area (Å²) in [6.07, 6.45) is -3.84. The zero-order valence-corrected chi connectivity index (χ0v) is 14.8. The van der Waals surface area contributed by atoms with E-state index in [0.29, 0.717) is 0 Å². The molecule has 0 bridgehead atoms. The van der Waals surface area contributed by atoms with Gasteiger partial charge in [-0.1, -0.05) is 11.6 Å². The van der Waals surface area contributed by atoms with E-state index in [9.17, 15) is 14.1 Å². The molecule has 0 radical (unpaired) electrons. The number of halogens is 2. The molecule has 3 rings (SSSR count). The monoisotopic (exact) mass is 412 g/mol. The van der Waals surface area contributed by atoms with Crippen molar-refractivity contribution in [1.29, 1.82) is 0 Å². The van der Waals surface area contributed by atoms with Crippen LogP contribution in [0.1, 0.15) is 6.23 Å². The molecular formula is C11H15ClFN6O6P. The van der Waals surface area contributed by atoms with Gasteiger partial charge in [0, 0.05) is 7.05 Å². The molecule has 4 atom stereocenters. The molecule has 0 aliphatic carbocycles. The van der Waals surface area contributed by atoms with Gasteiger partial charge in [0.2, 0.25) is 5.95 Å². The first-order valence-corrected chi connectivity index (χ1v) is 9.04. The molecule has 1 aliphatic rings. The van der Waals surface area contributed by atoms with Gasteiger partial charge in [0.05, 0.1) is 12.9 Å². The van der Waals surface area contributed by atoms with E-state index in [1.807, 2.05) is 0 Å². The summed E-state index contributed by atoms with van der Waals surface area (Å²) in [5.74, 6) is 0.160. The summed E-state index contributed by atoms with van der Waals surface area (Å²) in [6.45, 7) is -0.786. The number of nitrogens with zero attached hydrogens (tertiary/aromatic N) is 4. The van der Waals surface area contributed by atoms with Gasteiger partial charge < -0.3 is 30.7 Å². The van der Waals surface area contributed by atoms with Crippen molar-refractivity contribution in [2.75, 3.05) is 24.7 Å². The Balaban J connectivity index is 1.97. The Morgan fingerprint density at radius 1 is 1.58 bits per heavy atom. The second-order valence-electron chi connectivity index (χ2n) is 5.44. The number of imidazole rings is 1. The Labute approximate surface area is 150 Å². The van der Waals surface area contributed by atoms with Gasteiger partial charge in [-0.25, -0.2) is 13.9 Å². The average Bonchev–Trinajstić information content (AvgIpc) is 3.04. The molecule has 0 unspecified atom stereocenters. The molecule has 0 spiro atoms. The number of hydrogen-bond acceptors (Lipinski definition) is 9. The number of nitrogen functional groups attached to an aromatic ring is 1. The Morgan fingerprint density at radius 3 is 2.88 bits per heavy atom. The molecule has 2 aromatic heterocycles. The lowest BCUT2D eigenvalue weighted by molar-refractivity contribution is -0.0474. The van der Waals surface area contributed by atoms with Crippen LogP contribution in [-0.2, 0) is 13.8 Å². The number of fused-ring (bicyclic) bond motifs is 1. The Hall–Kier alpha value is -1.60. The van der Waals surface area contributed by atoms with Gasteiger partial charge in [0.15, 0.2) is 23.2 Å². The van der Waals surface area contributed by atoms with Crippen LogP contribution in [0, 0.1) is 0 Å². The number of nitrogens with two attached hydrogens (primary N) is 1. The smallest absolute Gasteiger partial charge is 0.385 e. The molecule has 1 fully saturated rings. The standard InChI is InChI=1S/C11H15ClFN6O6P/c1-15-7-5-8(18-10(14)17-7)19(3-16-5)9-11(12,13)6(20)4(25-9)2-24-26(21,22)23/h3-4,6,9,20H,2H2,1H3,(H2,21,22,23)(H3,14,15,17,18)/t4-,6-,9-,11-/m1/s1. The van der Waals surface area contributed by atoms with E-state index in [0.717, 1.165) is 4.57 Å². The lowest BCUT2D eigenvalue weighted by Gasteiger charge is -2.22. The van der Waals surface area contributed by atoms with Crippen molar-refractivity contribution in [3.63, 3.8) is 0 Å². The van der Waals surface area contributed by atoms with Crippen molar-refractivity contribution in [3.05, 3.63) is 6.33 Å². The fourth-order valence-corrected chi connectivity index (χ4v) is 3.19. The van der Waals surface area contributed by atoms with E-state index >= 15 is 0 Å². The zero-order valence-electron chi connectivity index (χ0n) is 13.2. The van der Waals surface area contributed by atoms with Crippen molar-refractivity contribution < 1.29 is 33.1 Å². The number of phosphoric ester groups is 1. The molecule has 2 aromatic rings. The number of anilines is 2. The van der Waals surface area contributed by atoms with E-state index in [1.54, 1.807) is 7.05 Å². The maximum absolute atomic E-state index is 14.9. The van der Waals surface area contributed by atoms with E-state index in [1.165, 1.54) is 6.33 Å². The second kappa shape index (κ2) is 6.53. The molecule has 26 heavy (non-hydrogen) atoms. The van der Waals surface area contributed by atoms with Crippen LogP contribution < -0.4 is 11.1 Å². The van der Waals surface area contributed by atoms with Crippen LogP contribution in [-0.4, -0.2) is 65.4 Å². The number of aromatic nitrogens is 4. The third-order valence-electron chi connectivity index (χ3n) is 3.71. The number of alkyl halides is 2. The van der Waals surface area contributed by atoms with E-state index in [-0.39, 0.29) is 22.9 Å². The van der Waals surface area contributed by atoms with Gasteiger partial charge in [-0.3, -0.25) is 9.09 Å². The quantitative estimate of drug-likeness (QED) is 0.322. The number of phosphoric acid groups is 1. The number of rotatable bonds is 5. The first-order chi connectivity index (χ1) is 12.0. The van der Waals surface area contributed by atoms with E-state index in [2.05, 4.69) is 24.8 Å². The maximum atomic E-state index is 14.9. The predicted molar refractivity (Wildman–Crippen MR) is 86.9 cm³/mol. The Kier molecular flexibility index (Phi) is 4.82. The summed E-state index contributed by atoms with van der Waals surface area (Å²) in [6, 6.07) is 0. The summed E-state index contributed by atoms with van der Waals surface area (Å²) in [5.41, 5.74) is 5.95. The lowest BCUT2D eigenvalue weighted by Crippen LogP contribution is -2.38. The highest BCUT2D eigenvalue weighted by atomic mass is 35.5. The fourth-order valence-electron chi connectivity index (χ4n) is 2.56. The highest BCUT2D eigenvalue weighted by Crippen LogP contribution is 2.47. The van der Waals surface area contributed by atoms with Crippen molar-refractivity contribution in [2.45, 2.75) is 23.6 Å². The van der Waals surface area contributed by atoms with Crippen molar-refractivity contribution in [2.24, 2.45) is 0 Å². The van der Waals surface area contributed by atoms with Crippen LogP contribution in [0.5, 0.6) is 0 Å². The number of aliphatic hydroxyl groups is 1. The van der Waals surface area contributed by atoms with Crippen LogP contribution in [0.25, 0.3) is 11.2 Å². The van der Waals surface area contributed by atoms with Crippen LogP contribution in [0.15, 0.2) is 6.33 Å². The molecule has 0 amide bonds. The van der Waals surface area contributed by atoms with Crippen LogP contribution in [0.4, 0.5) is 16.2 Å². The summed E-state index contributed by atoms with van der Waals surface area (Å²) in [4.78, 5) is 29.5. The molecule has 12 nitrogen and oxygen atoms in total. The molecular weight excluding hydrogens is 398 g/mol. The Bertz CT molecular complexity index is 876. The minimum absolute atomic E-state index is 0.0817. The van der Waals surface area contributed by atoms with Gasteiger partial charge in [-0.15, -0.1) is 0 Å². The molecule has 1 saturated heterocycles. The highest BCUT2D eigenvalue weighted by molar-refractivity contribution is 7.46. The molecule has 1 aliphatic heterocycles. The third-order valence-corrected chi connectivity index (χ3v) is 4.61. The SMILES string of the molecule is CNc1nc(N)nc2c1ncn2[C@@H]1O[C@H](COP(=O)(O)O)[C@@H](O)[C@]1(F)Cl. The molecule has 15 heteroatoms. The topological polar surface area (TPSA) is 178 Å². The van der Waals surface area contributed by atoms with Crippen LogP contribution in [0.2, 0.25) is 0 Å². The molecule has 144 valence electrons. The van der Waals surface area contributed by atoms with Gasteiger partial charge in [-0.2, -0.15) is 9.97 Å². The van der Waals surface area contributed by atoms with Gasteiger partial charge >= 0.3 is 7.82 Å². The number of hydrogen-bond donors (Lipinski definition) is 5. The van der Waals surface area contributed by atoms with E-state index < -0.39 is 38.0 Å². The summed E-state index contributed by atoms with van der Waals surface area (Å²) < 4.78 is 36.4. The van der Waals surface area contributed by atoms with Crippen molar-refractivity contribution in [3.8, 4) is 0 Å². The minimum atomic E-state index is -4.84. The maximum Gasteiger partial charge on any atom is 0.469 e. The van der Waals surface area contributed by atoms with Gasteiger partial charge in [0.1, 0.15) is 12.2 Å². The van der Waals surface area contributed by atoms with Crippen LogP contribution >= 0.6 is 19.4 Å². The number of ether oxygens (including phenoxy) is 1. The van der Waals surface area contributed by atoms with E-state index in [4.69, 9.17) is 31.9 Å². The van der Waals surface area contributed by atoms with Gasteiger partial charge in [0.25, 0.3) is 5.13 Å². The average molecular weight is 413 g/mol. The molecule has 6 N–H and O–H groups in total. The van der Waals surface area contributed by atoms with Crippen molar-refractivity contribution >= 4 is 42.4 Å².